The molecule has 0 radical (unpaired) electrons. The van der Waals surface area contributed by atoms with Gasteiger partial charge in [0.05, 0.1) is 5.59 Å². The van der Waals surface area contributed by atoms with E-state index in [-0.39, 0.29) is 5.39 Å². The summed E-state index contributed by atoms with van der Waals surface area (Å²) in [6.45, 7) is 0. The molecular weight excluding hydrogens is 238 g/mol. The van der Waals surface area contributed by atoms with Gasteiger partial charge in [-0.25, -0.2) is 0 Å². The van der Waals surface area contributed by atoms with Crippen molar-refractivity contribution in [3.8, 4) is 5.75 Å². The zero-order valence-corrected chi connectivity index (χ0v) is 8.32. The van der Waals surface area contributed by atoms with Crippen LogP contribution in [0, 0.1) is 0 Å². The van der Waals surface area contributed by atoms with E-state index in [1.165, 1.54) is 18.2 Å². The molecule has 0 spiro atoms. The van der Waals surface area contributed by atoms with Crippen molar-refractivity contribution in [2.45, 2.75) is 6.36 Å². The number of hydrogen-bond donors (Lipinski definition) is 3. The Morgan fingerprint density at radius 2 is 1.82 bits per heavy atom. The van der Waals surface area contributed by atoms with Crippen LogP contribution >= 0.6 is 0 Å². The van der Waals surface area contributed by atoms with Gasteiger partial charge < -0.3 is 19.8 Å². The summed E-state index contributed by atoms with van der Waals surface area (Å²) >= 11 is 0. The minimum atomic E-state index is -4.89. The molecule has 0 saturated heterocycles. The van der Waals surface area contributed by atoms with Gasteiger partial charge in [-0.3, -0.25) is 0 Å². The lowest BCUT2D eigenvalue weighted by atomic mass is 9.85. The molecule has 2 aromatic rings. The van der Waals surface area contributed by atoms with Crippen molar-refractivity contribution in [2.75, 3.05) is 0 Å². The second-order valence-electron chi connectivity index (χ2n) is 3.33. The topological polar surface area (TPSA) is 65.5 Å². The average molecular weight is 245 g/mol. The van der Waals surface area contributed by atoms with Gasteiger partial charge in [0.15, 0.2) is 5.75 Å². The summed E-state index contributed by atoms with van der Waals surface area (Å²) in [5.41, 5.74) is -0.0987. The van der Waals surface area contributed by atoms with Crippen LogP contribution in [0.4, 0.5) is 13.2 Å². The highest BCUT2D eigenvalue weighted by Crippen LogP contribution is 2.29. The molecule has 0 fully saturated rings. The van der Waals surface area contributed by atoms with Gasteiger partial charge in [-0.1, -0.05) is 12.1 Å². The summed E-state index contributed by atoms with van der Waals surface area (Å²) in [4.78, 5) is 2.46. The number of para-hydroxylation sites is 1. The molecule has 1 heterocycles. The molecule has 4 nitrogen and oxygen atoms in total. The molecule has 0 aliphatic rings. The summed E-state index contributed by atoms with van der Waals surface area (Å²) < 4.78 is 40.4. The molecule has 1 aromatic heterocycles. The molecule has 0 aliphatic carbocycles. The Bertz CT molecular complexity index is 538. The fourth-order valence-corrected chi connectivity index (χ4v) is 1.54. The van der Waals surface area contributed by atoms with Crippen LogP contribution in [0.25, 0.3) is 10.9 Å². The van der Waals surface area contributed by atoms with E-state index in [0.29, 0.717) is 5.52 Å². The number of rotatable bonds is 2. The Labute approximate surface area is 93.8 Å². The SMILES string of the molecule is OB(O)c1[nH]c2ccccc2c1OC(F)(F)F. The number of fused-ring (bicyclic) bond motifs is 1. The van der Waals surface area contributed by atoms with Crippen LogP contribution in [0.3, 0.4) is 0 Å². The van der Waals surface area contributed by atoms with E-state index in [2.05, 4.69) is 9.72 Å². The van der Waals surface area contributed by atoms with Crippen molar-refractivity contribution in [3.05, 3.63) is 24.3 Å². The Kier molecular flexibility index (Phi) is 2.76. The highest BCUT2D eigenvalue weighted by molar-refractivity contribution is 6.59. The zero-order valence-electron chi connectivity index (χ0n) is 8.32. The molecule has 0 atom stereocenters. The molecule has 3 N–H and O–H groups in total. The van der Waals surface area contributed by atoms with Gasteiger partial charge in [0, 0.05) is 10.9 Å². The Hall–Kier alpha value is -1.67. The lowest BCUT2D eigenvalue weighted by molar-refractivity contribution is -0.273. The smallest absolute Gasteiger partial charge is 0.422 e. The van der Waals surface area contributed by atoms with Gasteiger partial charge in [0.25, 0.3) is 0 Å². The number of benzene rings is 1. The minimum Gasteiger partial charge on any atom is -0.422 e. The Balaban J connectivity index is 2.60. The van der Waals surface area contributed by atoms with Crippen LogP contribution in [-0.4, -0.2) is 28.5 Å². The van der Waals surface area contributed by atoms with Crippen molar-refractivity contribution in [3.63, 3.8) is 0 Å². The maximum atomic E-state index is 12.2. The third-order valence-corrected chi connectivity index (χ3v) is 2.16. The van der Waals surface area contributed by atoms with E-state index in [9.17, 15) is 13.2 Å². The predicted octanol–water partition coefficient (Wildman–Crippen LogP) is 0.746. The van der Waals surface area contributed by atoms with Crippen molar-refractivity contribution in [2.24, 2.45) is 0 Å². The number of ether oxygens (including phenoxy) is 1. The standard InChI is InChI=1S/C9H7BF3NO3/c11-9(12,13)17-7-5-3-1-2-4-6(5)14-8(7)10(15)16/h1-4,14-16H. The number of halogens is 3. The Morgan fingerprint density at radius 1 is 1.18 bits per heavy atom. The maximum Gasteiger partial charge on any atom is 0.573 e. The van der Waals surface area contributed by atoms with Gasteiger partial charge in [-0.05, 0) is 12.1 Å². The normalized spacial score (nSPS) is 11.8. The molecule has 8 heteroatoms. The predicted molar refractivity (Wildman–Crippen MR) is 54.8 cm³/mol. The second-order valence-corrected chi connectivity index (χ2v) is 3.33. The van der Waals surface area contributed by atoms with E-state index in [0.717, 1.165) is 0 Å². The summed E-state index contributed by atoms with van der Waals surface area (Å²) in [5, 5.41) is 18.1. The van der Waals surface area contributed by atoms with Crippen LogP contribution in [0.5, 0.6) is 5.75 Å². The first-order valence-corrected chi connectivity index (χ1v) is 4.61. The summed E-state index contributed by atoms with van der Waals surface area (Å²) in [7, 11) is -2.07. The molecule has 90 valence electrons. The molecule has 2 rings (SSSR count). The van der Waals surface area contributed by atoms with E-state index in [4.69, 9.17) is 10.0 Å². The van der Waals surface area contributed by atoms with E-state index >= 15 is 0 Å². The first kappa shape index (κ1) is 11.8. The highest BCUT2D eigenvalue weighted by Gasteiger charge is 2.35. The van der Waals surface area contributed by atoms with Gasteiger partial charge in [-0.15, -0.1) is 13.2 Å². The van der Waals surface area contributed by atoms with Crippen LogP contribution < -0.4 is 10.3 Å². The monoisotopic (exact) mass is 245 g/mol. The van der Waals surface area contributed by atoms with Crippen LogP contribution in [0.1, 0.15) is 0 Å². The van der Waals surface area contributed by atoms with E-state index < -0.39 is 24.8 Å². The third-order valence-electron chi connectivity index (χ3n) is 2.16. The zero-order chi connectivity index (χ0) is 12.6. The van der Waals surface area contributed by atoms with Crippen molar-refractivity contribution in [1.29, 1.82) is 0 Å². The number of aromatic amines is 1. The van der Waals surface area contributed by atoms with Gasteiger partial charge in [-0.2, -0.15) is 0 Å². The lowest BCUT2D eigenvalue weighted by Crippen LogP contribution is -2.34. The first-order chi connectivity index (χ1) is 7.88. The lowest BCUT2D eigenvalue weighted by Gasteiger charge is -2.09. The first-order valence-electron chi connectivity index (χ1n) is 4.61. The van der Waals surface area contributed by atoms with Crippen LogP contribution in [0.15, 0.2) is 24.3 Å². The quantitative estimate of drug-likeness (QED) is 0.684. The van der Waals surface area contributed by atoms with Crippen molar-refractivity contribution < 1.29 is 28.0 Å². The highest BCUT2D eigenvalue weighted by atomic mass is 19.4. The van der Waals surface area contributed by atoms with E-state index in [1.54, 1.807) is 6.07 Å². The summed E-state index contributed by atoms with van der Waals surface area (Å²) in [5.74, 6) is -0.622. The van der Waals surface area contributed by atoms with Crippen molar-refractivity contribution >= 4 is 23.6 Å². The molecule has 0 saturated carbocycles. The number of nitrogens with one attached hydrogen (secondary N) is 1. The molecule has 0 amide bonds. The molecular formula is C9H7BF3NO3. The minimum absolute atomic E-state index is 0.132. The molecule has 17 heavy (non-hydrogen) atoms. The largest absolute Gasteiger partial charge is 0.573 e. The molecule has 0 aliphatic heterocycles. The Morgan fingerprint density at radius 3 is 2.41 bits per heavy atom. The second kappa shape index (κ2) is 3.97. The summed E-state index contributed by atoms with van der Waals surface area (Å²) in [6.07, 6.45) is -4.89. The van der Waals surface area contributed by atoms with Crippen molar-refractivity contribution in [1.82, 2.24) is 4.98 Å². The maximum absolute atomic E-state index is 12.2. The van der Waals surface area contributed by atoms with Crippen LogP contribution in [0.2, 0.25) is 0 Å². The third kappa shape index (κ3) is 2.37. The fraction of sp³-hybridized carbons (Fsp3) is 0.111. The average Bonchev–Trinajstić information content (AvgIpc) is 2.55. The number of H-pyrrole nitrogens is 1. The van der Waals surface area contributed by atoms with Gasteiger partial charge in [0.1, 0.15) is 0 Å². The van der Waals surface area contributed by atoms with Gasteiger partial charge in [0.2, 0.25) is 0 Å². The summed E-state index contributed by atoms with van der Waals surface area (Å²) in [6, 6.07) is 6.01. The van der Waals surface area contributed by atoms with E-state index in [1.807, 2.05) is 0 Å². The van der Waals surface area contributed by atoms with Crippen LogP contribution in [-0.2, 0) is 0 Å². The molecule has 0 unspecified atom stereocenters. The molecule has 1 aromatic carbocycles. The van der Waals surface area contributed by atoms with Gasteiger partial charge >= 0.3 is 13.5 Å². The fourth-order valence-electron chi connectivity index (χ4n) is 1.54. The number of hydrogen-bond acceptors (Lipinski definition) is 3. The molecule has 0 bridgehead atoms. The number of alkyl halides is 3. The number of aromatic nitrogens is 1.